The molecule has 2 aliphatic rings. The van der Waals surface area contributed by atoms with Crippen molar-refractivity contribution >= 4 is 23.7 Å². The Labute approximate surface area is 98.9 Å². The summed E-state index contributed by atoms with van der Waals surface area (Å²) in [5.74, 6) is 0.772. The van der Waals surface area contributed by atoms with Crippen LogP contribution in [-0.4, -0.2) is 40.1 Å². The summed E-state index contributed by atoms with van der Waals surface area (Å²) in [5.41, 5.74) is 0. The number of guanidine groups is 1. The minimum Gasteiger partial charge on any atom is -0.481 e. The molecule has 0 bridgehead atoms. The van der Waals surface area contributed by atoms with Crippen LogP contribution in [0.4, 0.5) is 0 Å². The van der Waals surface area contributed by atoms with Gasteiger partial charge >= 0.3 is 5.97 Å². The van der Waals surface area contributed by atoms with Crippen molar-refractivity contribution in [2.24, 2.45) is 0 Å². The first-order valence-corrected chi connectivity index (χ1v) is 6.66. The van der Waals surface area contributed by atoms with Crippen molar-refractivity contribution in [1.82, 2.24) is 10.6 Å². The lowest BCUT2D eigenvalue weighted by molar-refractivity contribution is -0.137. The molecule has 2 rings (SSSR count). The number of carboxylic acid groups (broad SMARTS) is 1. The normalized spacial score (nSPS) is 32.0. The van der Waals surface area contributed by atoms with Gasteiger partial charge in [-0.05, 0) is 12.8 Å². The van der Waals surface area contributed by atoms with Gasteiger partial charge in [0.25, 0.3) is 0 Å². The summed E-state index contributed by atoms with van der Waals surface area (Å²) in [4.78, 5) is 10.4. The molecular formula is C10H17N3O2S. The van der Waals surface area contributed by atoms with E-state index in [1.54, 1.807) is 0 Å². The van der Waals surface area contributed by atoms with Crippen LogP contribution in [0.15, 0.2) is 0 Å². The van der Waals surface area contributed by atoms with Crippen LogP contribution in [0.25, 0.3) is 0 Å². The highest BCUT2D eigenvalue weighted by atomic mass is 32.2. The van der Waals surface area contributed by atoms with E-state index in [2.05, 4.69) is 10.6 Å². The van der Waals surface area contributed by atoms with E-state index in [4.69, 9.17) is 10.5 Å². The number of carbonyl (C=O) groups is 1. The highest BCUT2D eigenvalue weighted by molar-refractivity contribution is 8.00. The Kier molecular flexibility index (Phi) is 3.58. The summed E-state index contributed by atoms with van der Waals surface area (Å²) >= 11 is 1.93. The monoisotopic (exact) mass is 243 g/mol. The fraction of sp³-hybridized carbons (Fsp3) is 0.800. The van der Waals surface area contributed by atoms with Crippen LogP contribution in [0, 0.1) is 5.41 Å². The van der Waals surface area contributed by atoms with Crippen LogP contribution in [0.2, 0.25) is 0 Å². The Balaban J connectivity index is 1.70. The first kappa shape index (κ1) is 11.6. The fourth-order valence-corrected chi connectivity index (χ4v) is 3.84. The number of aliphatic carboxylic acids is 1. The predicted molar refractivity (Wildman–Crippen MR) is 63.9 cm³/mol. The van der Waals surface area contributed by atoms with Crippen molar-refractivity contribution in [1.29, 1.82) is 5.41 Å². The lowest BCUT2D eigenvalue weighted by Crippen LogP contribution is -2.36. The van der Waals surface area contributed by atoms with Crippen LogP contribution < -0.4 is 10.6 Å². The molecule has 2 heterocycles. The second-order valence-electron chi connectivity index (χ2n) is 4.31. The number of hydrogen-bond acceptors (Lipinski definition) is 3. The van der Waals surface area contributed by atoms with Gasteiger partial charge in [-0.2, -0.15) is 11.8 Å². The van der Waals surface area contributed by atoms with Gasteiger partial charge in [0.2, 0.25) is 0 Å². The molecule has 0 spiro atoms. The molecule has 16 heavy (non-hydrogen) atoms. The third-order valence-corrected chi connectivity index (χ3v) is 4.60. The Morgan fingerprint density at radius 3 is 3.06 bits per heavy atom. The van der Waals surface area contributed by atoms with Crippen LogP contribution in [0.5, 0.6) is 0 Å². The summed E-state index contributed by atoms with van der Waals surface area (Å²) in [7, 11) is 0. The molecule has 0 aromatic carbocycles. The van der Waals surface area contributed by atoms with Gasteiger partial charge in [-0.3, -0.25) is 10.2 Å². The molecule has 3 atom stereocenters. The van der Waals surface area contributed by atoms with Crippen molar-refractivity contribution in [2.75, 3.05) is 5.75 Å². The smallest absolute Gasteiger partial charge is 0.303 e. The van der Waals surface area contributed by atoms with Crippen LogP contribution >= 0.6 is 11.8 Å². The molecule has 0 aliphatic carbocycles. The first-order valence-electron chi connectivity index (χ1n) is 5.62. The number of carboxylic acids is 1. The van der Waals surface area contributed by atoms with Gasteiger partial charge < -0.3 is 15.7 Å². The second kappa shape index (κ2) is 4.95. The predicted octanol–water partition coefficient (Wildman–Crippen LogP) is 0.612. The number of rotatable bonds is 5. The maximum absolute atomic E-state index is 10.4. The summed E-state index contributed by atoms with van der Waals surface area (Å²) < 4.78 is 0. The van der Waals surface area contributed by atoms with Gasteiger partial charge in [-0.15, -0.1) is 0 Å². The maximum Gasteiger partial charge on any atom is 0.303 e. The average molecular weight is 243 g/mol. The van der Waals surface area contributed by atoms with E-state index < -0.39 is 5.97 Å². The third kappa shape index (κ3) is 2.61. The quantitative estimate of drug-likeness (QED) is 0.532. The molecule has 0 amide bonds. The van der Waals surface area contributed by atoms with E-state index in [1.807, 2.05) is 11.8 Å². The number of nitrogens with one attached hydrogen (secondary N) is 3. The molecular weight excluding hydrogens is 226 g/mol. The zero-order chi connectivity index (χ0) is 11.5. The second-order valence-corrected chi connectivity index (χ2v) is 5.58. The molecule has 6 heteroatoms. The molecule has 0 aromatic heterocycles. The van der Waals surface area contributed by atoms with E-state index in [0.29, 0.717) is 23.3 Å². The Bertz CT molecular complexity index is 298. The highest BCUT2D eigenvalue weighted by Gasteiger charge is 2.41. The Hall–Kier alpha value is -0.910. The molecule has 2 aliphatic heterocycles. The summed E-state index contributed by atoms with van der Waals surface area (Å²) in [6.45, 7) is 0. The molecule has 0 aromatic rings. The zero-order valence-electron chi connectivity index (χ0n) is 9.03. The molecule has 4 N–H and O–H groups in total. The van der Waals surface area contributed by atoms with Crippen molar-refractivity contribution < 1.29 is 9.90 Å². The van der Waals surface area contributed by atoms with Crippen molar-refractivity contribution in [2.45, 2.75) is 43.0 Å². The summed E-state index contributed by atoms with van der Waals surface area (Å²) in [6.07, 6.45) is 3.03. The first-order chi connectivity index (χ1) is 7.66. The molecule has 0 saturated carbocycles. The zero-order valence-corrected chi connectivity index (χ0v) is 9.85. The lowest BCUT2D eigenvalue weighted by Gasteiger charge is -2.16. The molecule has 1 unspecified atom stereocenters. The number of hydrogen-bond donors (Lipinski definition) is 4. The van der Waals surface area contributed by atoms with Crippen molar-refractivity contribution in [3.63, 3.8) is 0 Å². The SMILES string of the molecule is N=C1N[C@H]2CSC(CCCCC(=O)O)[C@H]2N1. The number of thioether (sulfide) groups is 1. The molecule has 2 fully saturated rings. The van der Waals surface area contributed by atoms with E-state index in [9.17, 15) is 4.79 Å². The molecule has 5 nitrogen and oxygen atoms in total. The third-order valence-electron chi connectivity index (χ3n) is 3.09. The molecule has 90 valence electrons. The van der Waals surface area contributed by atoms with E-state index in [0.717, 1.165) is 25.0 Å². The topological polar surface area (TPSA) is 85.2 Å². The van der Waals surface area contributed by atoms with Gasteiger partial charge in [0.05, 0.1) is 12.1 Å². The van der Waals surface area contributed by atoms with Gasteiger partial charge in [0.1, 0.15) is 0 Å². The van der Waals surface area contributed by atoms with Crippen LogP contribution in [0.3, 0.4) is 0 Å². The summed E-state index contributed by atoms with van der Waals surface area (Å²) in [6, 6.07) is 0.754. The fourth-order valence-electron chi connectivity index (χ4n) is 2.30. The average Bonchev–Trinajstić information content (AvgIpc) is 2.72. The Morgan fingerprint density at radius 1 is 1.50 bits per heavy atom. The van der Waals surface area contributed by atoms with Crippen LogP contribution in [0.1, 0.15) is 25.7 Å². The van der Waals surface area contributed by atoms with Gasteiger partial charge in [-0.1, -0.05) is 6.42 Å². The minimum atomic E-state index is -0.709. The van der Waals surface area contributed by atoms with Gasteiger partial charge in [0, 0.05) is 17.4 Å². The number of unbranched alkanes of at least 4 members (excludes halogenated alkanes) is 1. The standard InChI is InChI=1S/C10H17N3O2S/c11-10-12-6-5-16-7(9(6)13-10)3-1-2-4-8(14)15/h6-7,9H,1-5H2,(H,14,15)(H3,11,12,13)/t6-,7?,9-/m0/s1. The van der Waals surface area contributed by atoms with E-state index in [1.165, 1.54) is 0 Å². The van der Waals surface area contributed by atoms with Gasteiger partial charge in [-0.25, -0.2) is 0 Å². The lowest BCUT2D eigenvalue weighted by atomic mass is 10.0. The maximum atomic E-state index is 10.4. The molecule has 0 radical (unpaired) electrons. The minimum absolute atomic E-state index is 0.271. The molecule has 2 saturated heterocycles. The highest BCUT2D eigenvalue weighted by Crippen LogP contribution is 2.32. The van der Waals surface area contributed by atoms with E-state index in [-0.39, 0.29) is 6.42 Å². The number of fused-ring (bicyclic) bond motifs is 1. The summed E-state index contributed by atoms with van der Waals surface area (Å²) in [5, 5.41) is 22.8. The largest absolute Gasteiger partial charge is 0.481 e. The van der Waals surface area contributed by atoms with Crippen molar-refractivity contribution in [3.05, 3.63) is 0 Å². The van der Waals surface area contributed by atoms with Crippen LogP contribution in [-0.2, 0) is 4.79 Å². The Morgan fingerprint density at radius 2 is 2.31 bits per heavy atom. The van der Waals surface area contributed by atoms with Crippen molar-refractivity contribution in [3.8, 4) is 0 Å². The van der Waals surface area contributed by atoms with E-state index >= 15 is 0 Å². The van der Waals surface area contributed by atoms with Gasteiger partial charge in [0.15, 0.2) is 5.96 Å².